The van der Waals surface area contributed by atoms with Gasteiger partial charge in [-0.1, -0.05) is 30.3 Å². The van der Waals surface area contributed by atoms with Crippen molar-refractivity contribution in [3.05, 3.63) is 54.4 Å². The van der Waals surface area contributed by atoms with Gasteiger partial charge < -0.3 is 9.64 Å². The Morgan fingerprint density at radius 2 is 2.08 bits per heavy atom. The fourth-order valence-corrected chi connectivity index (χ4v) is 3.89. The van der Waals surface area contributed by atoms with Crippen molar-refractivity contribution >= 4 is 5.91 Å². The van der Waals surface area contributed by atoms with Crippen LogP contribution in [0, 0.1) is 5.41 Å². The number of nitrogens with zero attached hydrogens (tertiary/aromatic N) is 3. The molecule has 2 aromatic rings. The number of aryl methyl sites for hydroxylation is 1. The Hall–Kier alpha value is -2.14. The van der Waals surface area contributed by atoms with E-state index >= 15 is 0 Å². The lowest BCUT2D eigenvalue weighted by atomic mass is 10.0. The number of benzene rings is 1. The molecule has 1 aromatic heterocycles. The summed E-state index contributed by atoms with van der Waals surface area (Å²) in [5.41, 5.74) is 1.14. The quantitative estimate of drug-likeness (QED) is 0.769. The summed E-state index contributed by atoms with van der Waals surface area (Å²) in [4.78, 5) is 15.1. The second kappa shape index (κ2) is 7.62. The maximum Gasteiger partial charge on any atom is 0.230 e. The Balaban J connectivity index is 1.28. The highest BCUT2D eigenvalue weighted by molar-refractivity contribution is 5.85. The summed E-state index contributed by atoms with van der Waals surface area (Å²) in [5.74, 6) is 0.296. The minimum Gasteiger partial charge on any atom is -0.375 e. The molecule has 0 unspecified atom stereocenters. The van der Waals surface area contributed by atoms with Crippen LogP contribution in [-0.4, -0.2) is 46.4 Å². The second-order valence-corrected chi connectivity index (χ2v) is 7.61. The summed E-state index contributed by atoms with van der Waals surface area (Å²) in [5, 5.41) is 4.27. The summed E-state index contributed by atoms with van der Waals surface area (Å²) < 4.78 is 7.82. The molecule has 0 bridgehead atoms. The van der Waals surface area contributed by atoms with Gasteiger partial charge in [-0.05, 0) is 43.7 Å². The van der Waals surface area contributed by atoms with E-state index in [1.807, 2.05) is 27.9 Å². The van der Waals surface area contributed by atoms with Crippen LogP contribution in [0.4, 0.5) is 0 Å². The van der Waals surface area contributed by atoms with E-state index in [0.29, 0.717) is 19.1 Å². The van der Waals surface area contributed by atoms with Gasteiger partial charge in [0.2, 0.25) is 5.91 Å². The van der Waals surface area contributed by atoms with Gasteiger partial charge >= 0.3 is 0 Å². The second-order valence-electron chi connectivity index (χ2n) is 7.61. The third-order valence-corrected chi connectivity index (χ3v) is 5.59. The van der Waals surface area contributed by atoms with Crippen molar-refractivity contribution in [3.63, 3.8) is 0 Å². The summed E-state index contributed by atoms with van der Waals surface area (Å²) >= 11 is 0. The van der Waals surface area contributed by atoms with Crippen LogP contribution in [0.1, 0.15) is 31.2 Å². The first-order chi connectivity index (χ1) is 12.8. The van der Waals surface area contributed by atoms with Gasteiger partial charge in [-0.25, -0.2) is 0 Å². The highest BCUT2D eigenvalue weighted by atomic mass is 16.5. The van der Waals surface area contributed by atoms with E-state index in [4.69, 9.17) is 4.74 Å². The largest absolute Gasteiger partial charge is 0.375 e. The molecule has 1 aromatic carbocycles. The number of carbonyl (C=O) groups excluding carboxylic acids is 1. The number of aromatic nitrogens is 2. The van der Waals surface area contributed by atoms with Gasteiger partial charge in [-0.15, -0.1) is 0 Å². The summed E-state index contributed by atoms with van der Waals surface area (Å²) in [6, 6.07) is 12.5. The predicted molar refractivity (Wildman–Crippen MR) is 99.6 cm³/mol. The van der Waals surface area contributed by atoms with E-state index in [-0.39, 0.29) is 11.5 Å². The summed E-state index contributed by atoms with van der Waals surface area (Å²) in [6.07, 6.45) is 9.00. The Kier molecular flexibility index (Phi) is 5.07. The van der Waals surface area contributed by atoms with Crippen LogP contribution in [0.3, 0.4) is 0 Å². The Morgan fingerprint density at radius 3 is 2.81 bits per heavy atom. The number of hydrogen-bond acceptors (Lipinski definition) is 3. The smallest absolute Gasteiger partial charge is 0.230 e. The van der Waals surface area contributed by atoms with Crippen LogP contribution in [0.5, 0.6) is 0 Å². The van der Waals surface area contributed by atoms with Crippen LogP contribution < -0.4 is 0 Å². The maximum atomic E-state index is 13.1. The van der Waals surface area contributed by atoms with Crippen molar-refractivity contribution in [2.45, 2.75) is 44.8 Å². The number of hydrogen-bond donors (Lipinski definition) is 0. The molecule has 5 heteroatoms. The molecule has 1 atom stereocenters. The molecule has 138 valence electrons. The lowest BCUT2D eigenvalue weighted by Crippen LogP contribution is -2.49. The first-order valence-corrected chi connectivity index (χ1v) is 9.68. The molecule has 0 radical (unpaired) electrons. The molecule has 26 heavy (non-hydrogen) atoms. The zero-order chi connectivity index (χ0) is 17.8. The van der Waals surface area contributed by atoms with Gasteiger partial charge in [0.1, 0.15) is 0 Å². The number of carbonyl (C=O) groups is 1. The van der Waals surface area contributed by atoms with Crippen LogP contribution in [-0.2, 0) is 22.5 Å². The van der Waals surface area contributed by atoms with Crippen LogP contribution in [0.25, 0.3) is 0 Å². The highest BCUT2D eigenvalue weighted by Gasteiger charge is 2.52. The minimum absolute atomic E-state index is 0.164. The minimum atomic E-state index is -0.224. The fraction of sp³-hybridized carbons (Fsp3) is 0.524. The molecule has 1 amide bonds. The first-order valence-electron chi connectivity index (χ1n) is 9.68. The number of rotatable bonds is 7. The Morgan fingerprint density at radius 1 is 1.23 bits per heavy atom. The number of ether oxygens (including phenoxy) is 1. The van der Waals surface area contributed by atoms with Crippen molar-refractivity contribution < 1.29 is 9.53 Å². The molecule has 2 fully saturated rings. The van der Waals surface area contributed by atoms with Gasteiger partial charge in [-0.3, -0.25) is 9.48 Å². The molecule has 1 saturated carbocycles. The average Bonchev–Trinajstić information content (AvgIpc) is 3.27. The molecule has 0 spiro atoms. The van der Waals surface area contributed by atoms with Gasteiger partial charge in [0, 0.05) is 25.5 Å². The molecule has 2 aliphatic rings. The normalized spacial score (nSPS) is 21.5. The highest BCUT2D eigenvalue weighted by Crippen LogP contribution is 2.48. The Labute approximate surface area is 154 Å². The van der Waals surface area contributed by atoms with E-state index in [2.05, 4.69) is 29.4 Å². The van der Waals surface area contributed by atoms with Gasteiger partial charge in [-0.2, -0.15) is 5.10 Å². The number of morpholine rings is 1. The predicted octanol–water partition coefficient (Wildman–Crippen LogP) is 2.91. The zero-order valence-corrected chi connectivity index (χ0v) is 15.2. The summed E-state index contributed by atoms with van der Waals surface area (Å²) in [6.45, 7) is 2.80. The number of amides is 1. The van der Waals surface area contributed by atoms with E-state index in [9.17, 15) is 4.79 Å². The standard InChI is InChI=1S/C21H27N3O2/c25-20(21(10-11-21)17-24-13-5-12-22-24)23-14-15-26-19(16-23)9-4-8-18-6-2-1-3-7-18/h1-3,5-7,12-13,19H,4,8-11,14-17H2/t19-/m0/s1. The molecule has 1 saturated heterocycles. The lowest BCUT2D eigenvalue weighted by molar-refractivity contribution is -0.145. The molecule has 2 heterocycles. The monoisotopic (exact) mass is 353 g/mol. The van der Waals surface area contributed by atoms with Crippen LogP contribution >= 0.6 is 0 Å². The van der Waals surface area contributed by atoms with E-state index in [1.165, 1.54) is 5.56 Å². The van der Waals surface area contributed by atoms with Crippen molar-refractivity contribution in [1.29, 1.82) is 0 Å². The van der Waals surface area contributed by atoms with Gasteiger partial charge in [0.15, 0.2) is 0 Å². The van der Waals surface area contributed by atoms with Crippen molar-refractivity contribution in [2.24, 2.45) is 5.41 Å². The van der Waals surface area contributed by atoms with Gasteiger partial charge in [0.25, 0.3) is 0 Å². The lowest BCUT2D eigenvalue weighted by Gasteiger charge is -2.35. The third-order valence-electron chi connectivity index (χ3n) is 5.59. The summed E-state index contributed by atoms with van der Waals surface area (Å²) in [7, 11) is 0. The van der Waals surface area contributed by atoms with Crippen molar-refractivity contribution in [2.75, 3.05) is 19.7 Å². The molecule has 5 nitrogen and oxygen atoms in total. The van der Waals surface area contributed by atoms with Crippen molar-refractivity contribution in [3.8, 4) is 0 Å². The van der Waals surface area contributed by atoms with Crippen LogP contribution in [0.15, 0.2) is 48.8 Å². The topological polar surface area (TPSA) is 47.4 Å². The van der Waals surface area contributed by atoms with E-state index < -0.39 is 0 Å². The van der Waals surface area contributed by atoms with Crippen molar-refractivity contribution in [1.82, 2.24) is 14.7 Å². The zero-order valence-electron chi connectivity index (χ0n) is 15.2. The first kappa shape index (κ1) is 17.3. The van der Waals surface area contributed by atoms with Crippen LogP contribution in [0.2, 0.25) is 0 Å². The Bertz CT molecular complexity index is 710. The molecule has 1 aliphatic carbocycles. The molecule has 1 aliphatic heterocycles. The van der Waals surface area contributed by atoms with E-state index in [1.54, 1.807) is 6.20 Å². The SMILES string of the molecule is O=C(N1CCO[C@@H](CCCc2ccccc2)C1)C1(Cn2cccn2)CC1. The third kappa shape index (κ3) is 3.98. The maximum absolute atomic E-state index is 13.1. The fourth-order valence-electron chi connectivity index (χ4n) is 3.89. The van der Waals surface area contributed by atoms with E-state index in [0.717, 1.165) is 45.2 Å². The molecular formula is C21H27N3O2. The molecular weight excluding hydrogens is 326 g/mol. The molecule has 4 rings (SSSR count). The average molecular weight is 353 g/mol. The molecule has 0 N–H and O–H groups in total. The van der Waals surface area contributed by atoms with Gasteiger partial charge in [0.05, 0.1) is 24.7 Å².